The van der Waals surface area contributed by atoms with Crippen LogP contribution in [0.25, 0.3) is 0 Å². The number of carbonyl (C=O) groups excluding carboxylic acids is 4. The number of rotatable bonds is 8. The van der Waals surface area contributed by atoms with Crippen molar-refractivity contribution in [2.45, 2.75) is 24.2 Å². The van der Waals surface area contributed by atoms with E-state index in [-0.39, 0.29) is 30.4 Å². The van der Waals surface area contributed by atoms with Gasteiger partial charge in [-0.05, 0) is 109 Å². The van der Waals surface area contributed by atoms with Crippen LogP contribution >= 0.6 is 11.6 Å². The van der Waals surface area contributed by atoms with Crippen LogP contribution in [0.5, 0.6) is 11.5 Å². The second kappa shape index (κ2) is 14.7. The normalized spacial score (nSPS) is 24.9. The largest absolute Gasteiger partial charge is 0.508 e. The molecule has 1 N–H and O–H groups in total. The quantitative estimate of drug-likeness (QED) is 0.0941. The van der Waals surface area contributed by atoms with Gasteiger partial charge >= 0.3 is 0 Å². The highest BCUT2D eigenvalue weighted by Gasteiger charge is 2.70. The first kappa shape index (κ1) is 38.0. The van der Waals surface area contributed by atoms with Crippen molar-refractivity contribution in [3.63, 3.8) is 0 Å². The van der Waals surface area contributed by atoms with Crippen molar-refractivity contribution in [2.75, 3.05) is 35.9 Å². The number of phenols is 1. The minimum absolute atomic E-state index is 0.0896. The Bertz CT molecular complexity index is 2580. The molecule has 0 radical (unpaired) electrons. The number of anilines is 3. The third-order valence-electron chi connectivity index (χ3n) is 12.5. The fourth-order valence-electron chi connectivity index (χ4n) is 9.83. The summed E-state index contributed by atoms with van der Waals surface area (Å²) >= 11 is 6.43. The number of amides is 4. The molecule has 5 aromatic rings. The SMILES string of the molecule is COc1ccc(O)c(C2C3=CCC4C(=O)N(c5ccc(N=Nc6ccc(N(C)C)cc6)cc5)C(=O)C4C3CC3C(=O)N(c4cccc(Cl)c4)C(=O)C32c2ccccc2)c1. The highest BCUT2D eigenvalue weighted by molar-refractivity contribution is 6.32. The first-order valence-electron chi connectivity index (χ1n) is 19.5. The number of hydrogen-bond donors (Lipinski definition) is 1. The van der Waals surface area contributed by atoms with E-state index < -0.39 is 46.8 Å². The number of hydrogen-bond acceptors (Lipinski definition) is 9. The molecule has 2 saturated heterocycles. The van der Waals surface area contributed by atoms with Crippen LogP contribution in [0.2, 0.25) is 5.02 Å². The average molecular weight is 806 g/mol. The Labute approximate surface area is 346 Å². The topological polar surface area (TPSA) is 132 Å². The molecule has 296 valence electrons. The van der Waals surface area contributed by atoms with Crippen molar-refractivity contribution in [1.82, 2.24) is 0 Å². The summed E-state index contributed by atoms with van der Waals surface area (Å²) in [5.41, 5.74) is 3.16. The maximum absolute atomic E-state index is 15.5. The van der Waals surface area contributed by atoms with Crippen molar-refractivity contribution >= 4 is 63.7 Å². The van der Waals surface area contributed by atoms with Gasteiger partial charge in [0.25, 0.3) is 0 Å². The van der Waals surface area contributed by atoms with E-state index in [1.54, 1.807) is 60.7 Å². The van der Waals surface area contributed by atoms with Crippen molar-refractivity contribution in [3.8, 4) is 11.5 Å². The van der Waals surface area contributed by atoms with Crippen LogP contribution in [0.15, 0.2) is 143 Å². The molecular formula is C47H40ClN5O6. The first-order chi connectivity index (χ1) is 28.5. The number of nitrogens with zero attached hydrogens (tertiary/aromatic N) is 5. The maximum atomic E-state index is 15.5. The van der Waals surface area contributed by atoms with E-state index in [0.717, 1.165) is 11.3 Å². The minimum Gasteiger partial charge on any atom is -0.508 e. The fourth-order valence-corrected chi connectivity index (χ4v) is 10.0. The van der Waals surface area contributed by atoms with Crippen LogP contribution in [0.1, 0.15) is 29.9 Å². The van der Waals surface area contributed by atoms with E-state index in [9.17, 15) is 14.7 Å². The molecule has 5 aromatic carbocycles. The monoisotopic (exact) mass is 805 g/mol. The summed E-state index contributed by atoms with van der Waals surface area (Å²) in [6, 6.07) is 35.1. The molecule has 12 heteroatoms. The number of methoxy groups -OCH3 is 1. The summed E-state index contributed by atoms with van der Waals surface area (Å²) in [6.07, 6.45) is 2.30. The lowest BCUT2D eigenvalue weighted by molar-refractivity contribution is -0.127. The zero-order chi connectivity index (χ0) is 41.2. The highest BCUT2D eigenvalue weighted by Crippen LogP contribution is 2.65. The van der Waals surface area contributed by atoms with E-state index in [1.807, 2.05) is 79.7 Å². The molecule has 0 aromatic heterocycles. The Hall–Kier alpha value is -6.59. The van der Waals surface area contributed by atoms with E-state index >= 15 is 9.59 Å². The number of fused-ring (bicyclic) bond motifs is 4. The Kier molecular flexibility index (Phi) is 9.43. The van der Waals surface area contributed by atoms with Gasteiger partial charge < -0.3 is 14.7 Å². The van der Waals surface area contributed by atoms with Crippen LogP contribution in [0, 0.1) is 23.7 Å². The van der Waals surface area contributed by atoms with Crippen molar-refractivity contribution in [2.24, 2.45) is 33.9 Å². The molecule has 2 aliphatic carbocycles. The molecule has 4 amide bonds. The van der Waals surface area contributed by atoms with Crippen LogP contribution in [0.4, 0.5) is 28.4 Å². The Morgan fingerprint density at radius 2 is 1.44 bits per heavy atom. The van der Waals surface area contributed by atoms with Crippen LogP contribution in [0.3, 0.4) is 0 Å². The first-order valence-corrected chi connectivity index (χ1v) is 19.8. The van der Waals surface area contributed by atoms with Crippen molar-refractivity contribution in [3.05, 3.63) is 149 Å². The molecule has 2 aliphatic heterocycles. The number of ether oxygens (including phenoxy) is 1. The third-order valence-corrected chi connectivity index (χ3v) is 12.7. The van der Waals surface area contributed by atoms with Gasteiger partial charge in [-0.15, -0.1) is 0 Å². The second-order valence-electron chi connectivity index (χ2n) is 15.7. The summed E-state index contributed by atoms with van der Waals surface area (Å²) in [5.74, 6) is -5.28. The van der Waals surface area contributed by atoms with E-state index in [2.05, 4.69) is 10.2 Å². The second-order valence-corrected chi connectivity index (χ2v) is 16.1. The lowest BCUT2D eigenvalue weighted by Gasteiger charge is -2.50. The molecule has 6 unspecified atom stereocenters. The molecular weight excluding hydrogens is 766 g/mol. The number of imide groups is 2. The van der Waals surface area contributed by atoms with Gasteiger partial charge in [-0.1, -0.05) is 59.6 Å². The zero-order valence-corrected chi connectivity index (χ0v) is 33.3. The summed E-state index contributed by atoms with van der Waals surface area (Å²) in [5, 5.41) is 20.8. The summed E-state index contributed by atoms with van der Waals surface area (Å²) in [4.78, 5) is 64.0. The van der Waals surface area contributed by atoms with E-state index in [4.69, 9.17) is 16.3 Å². The lowest BCUT2D eigenvalue weighted by atomic mass is 9.49. The van der Waals surface area contributed by atoms with Gasteiger partial charge in [-0.25, -0.2) is 4.90 Å². The van der Waals surface area contributed by atoms with Crippen LogP contribution in [-0.4, -0.2) is 49.9 Å². The molecule has 11 nitrogen and oxygen atoms in total. The Balaban J connectivity index is 1.13. The van der Waals surface area contributed by atoms with Crippen LogP contribution in [-0.2, 0) is 24.6 Å². The van der Waals surface area contributed by atoms with Gasteiger partial charge in [0, 0.05) is 36.3 Å². The minimum atomic E-state index is -1.54. The standard InChI is InChI=1S/C47H40ClN5O6/c1-51(2)31-16-12-29(13-17-31)49-50-30-14-18-32(19-15-30)52-43(55)36-22-21-35-37(41(36)45(52)57)26-39-44(56)53(33-11-7-10-28(48)24-33)46(58)47(39,27-8-5-4-6-9-27)42(35)38-25-34(59-3)20-23-40(38)54/h4-21,23-25,36-37,39,41-42,54H,22,26H2,1-3H3. The molecule has 0 spiro atoms. The summed E-state index contributed by atoms with van der Waals surface area (Å²) < 4.78 is 5.63. The van der Waals surface area contributed by atoms with E-state index in [1.165, 1.54) is 23.0 Å². The number of carbonyl (C=O) groups is 4. The molecule has 59 heavy (non-hydrogen) atoms. The van der Waals surface area contributed by atoms with Gasteiger partial charge in [0.2, 0.25) is 23.6 Å². The average Bonchev–Trinajstić information content (AvgIpc) is 3.64. The highest BCUT2D eigenvalue weighted by atomic mass is 35.5. The molecule has 9 rings (SSSR count). The van der Waals surface area contributed by atoms with Gasteiger partial charge in [-0.3, -0.25) is 24.1 Å². The van der Waals surface area contributed by atoms with Crippen molar-refractivity contribution in [1.29, 1.82) is 0 Å². The van der Waals surface area contributed by atoms with Gasteiger partial charge in [-0.2, -0.15) is 10.2 Å². The predicted octanol–water partition coefficient (Wildman–Crippen LogP) is 8.90. The number of halogens is 1. The number of phenolic OH excluding ortho intramolecular Hbond substituents is 1. The number of aromatic hydroxyl groups is 1. The molecule has 0 bridgehead atoms. The van der Waals surface area contributed by atoms with Gasteiger partial charge in [0.1, 0.15) is 11.5 Å². The molecule has 2 heterocycles. The third kappa shape index (κ3) is 6.02. The fraction of sp³-hybridized carbons (Fsp3) is 0.234. The summed E-state index contributed by atoms with van der Waals surface area (Å²) in [7, 11) is 5.44. The molecule has 4 aliphatic rings. The zero-order valence-electron chi connectivity index (χ0n) is 32.5. The predicted molar refractivity (Wildman–Crippen MR) is 225 cm³/mol. The van der Waals surface area contributed by atoms with Crippen LogP contribution < -0.4 is 19.4 Å². The summed E-state index contributed by atoms with van der Waals surface area (Å²) in [6.45, 7) is 0. The molecule has 1 saturated carbocycles. The van der Waals surface area contributed by atoms with Gasteiger partial charge in [0.15, 0.2) is 0 Å². The number of benzene rings is 5. The number of azo groups is 1. The maximum Gasteiger partial charge on any atom is 0.246 e. The Morgan fingerprint density at radius 3 is 2.10 bits per heavy atom. The Morgan fingerprint density at radius 1 is 0.746 bits per heavy atom. The molecule has 3 fully saturated rings. The molecule has 6 atom stereocenters. The smallest absolute Gasteiger partial charge is 0.246 e. The van der Waals surface area contributed by atoms with Crippen molar-refractivity contribution < 1.29 is 29.0 Å². The van der Waals surface area contributed by atoms with E-state index in [0.29, 0.717) is 44.6 Å². The lowest BCUT2D eigenvalue weighted by Crippen LogP contribution is -2.53. The number of allylic oxidation sites excluding steroid dienone is 2. The van der Waals surface area contributed by atoms with Gasteiger partial charge in [0.05, 0.1) is 53.0 Å².